The average molecular weight is 344 g/mol. The average Bonchev–Trinajstić information content (AvgIpc) is 2.31. The van der Waals surface area contributed by atoms with Gasteiger partial charge in [0.25, 0.3) is 0 Å². The molecule has 1 aliphatic rings. The first-order chi connectivity index (χ1) is 7.72. The van der Waals surface area contributed by atoms with E-state index >= 15 is 0 Å². The molecule has 1 fully saturated rings. The van der Waals surface area contributed by atoms with Crippen molar-refractivity contribution >= 4 is 35.0 Å². The maximum atomic E-state index is 5.52. The van der Waals surface area contributed by atoms with Crippen molar-refractivity contribution in [2.75, 3.05) is 32.6 Å². The van der Waals surface area contributed by atoms with E-state index in [1.165, 1.54) is 11.8 Å². The summed E-state index contributed by atoms with van der Waals surface area (Å²) >= 11 is 12.4. The number of halogens is 2. The van der Waals surface area contributed by atoms with E-state index in [0.29, 0.717) is 5.16 Å². The first-order valence-electron chi connectivity index (χ1n) is 4.59. The summed E-state index contributed by atoms with van der Waals surface area (Å²) < 4.78 is 4.98. The summed E-state index contributed by atoms with van der Waals surface area (Å²) in [6, 6.07) is 2.54. The maximum absolute atomic E-state index is 5.52. The molecule has 0 amide bonds. The summed E-state index contributed by atoms with van der Waals surface area (Å²) in [4.78, 5) is 7.66. The molecule has 100 valence electrons. The van der Waals surface area contributed by atoms with E-state index in [-0.39, 0.29) is 27.4 Å². The van der Waals surface area contributed by atoms with Gasteiger partial charge < -0.3 is 16.1 Å². The van der Waals surface area contributed by atoms with Gasteiger partial charge in [-0.1, -0.05) is 11.8 Å². The minimum Gasteiger partial charge on any atom is -0.659 e. The predicted octanol–water partition coefficient (Wildman–Crippen LogP) is 2.69. The van der Waals surface area contributed by atoms with Gasteiger partial charge in [-0.05, 0) is 16.6 Å². The molecule has 0 aliphatic carbocycles. The predicted molar refractivity (Wildman–Crippen MR) is 66.6 cm³/mol. The molecule has 1 aromatic heterocycles. The van der Waals surface area contributed by atoms with Gasteiger partial charge in [0, 0.05) is 13.2 Å². The number of hydrogen-bond donors (Lipinski definition) is 0. The van der Waals surface area contributed by atoms with Crippen molar-refractivity contribution in [3.8, 4) is 0 Å². The van der Waals surface area contributed by atoms with E-state index in [1.807, 2.05) is 6.26 Å². The molecule has 1 aromatic rings. The third-order valence-corrected chi connectivity index (χ3v) is 2.47. The van der Waals surface area contributed by atoms with E-state index < -0.39 is 0 Å². The smallest absolute Gasteiger partial charge is 0.659 e. The summed E-state index contributed by atoms with van der Waals surface area (Å²) in [5, 5.41) is 5.12. The van der Waals surface area contributed by atoms with Gasteiger partial charge in [-0.3, -0.25) is 0 Å². The molecule has 1 aliphatic heterocycles. The van der Waals surface area contributed by atoms with Gasteiger partial charge in [0.1, 0.15) is 0 Å². The number of ether oxygens (including phenoxy) is 1. The van der Waals surface area contributed by atoms with E-state index in [4.69, 9.17) is 27.9 Å². The van der Waals surface area contributed by atoms with Crippen molar-refractivity contribution in [1.82, 2.24) is 9.97 Å². The molecule has 0 unspecified atom stereocenters. The van der Waals surface area contributed by atoms with E-state index in [2.05, 4.69) is 21.4 Å². The number of thioether (sulfide) groups is 1. The minimum atomic E-state index is 0. The summed E-state index contributed by atoms with van der Waals surface area (Å²) in [5.74, 6) is 0. The Morgan fingerprint density at radius 2 is 1.76 bits per heavy atom. The second kappa shape index (κ2) is 10.4. The van der Waals surface area contributed by atoms with Crippen molar-refractivity contribution in [1.29, 1.82) is 0 Å². The second-order valence-electron chi connectivity index (χ2n) is 2.70. The van der Waals surface area contributed by atoms with Crippen molar-refractivity contribution in [2.45, 2.75) is 5.16 Å². The minimum absolute atomic E-state index is 0. The van der Waals surface area contributed by atoms with Crippen LogP contribution in [0, 0.1) is 6.07 Å². The van der Waals surface area contributed by atoms with Crippen LogP contribution in [0.25, 0.3) is 5.32 Å². The summed E-state index contributed by atoms with van der Waals surface area (Å²) in [6.07, 6.45) is 1.85. The Bertz CT molecular complexity index is 297. The van der Waals surface area contributed by atoms with Crippen LogP contribution in [0.15, 0.2) is 5.16 Å². The van der Waals surface area contributed by atoms with Crippen molar-refractivity contribution in [3.05, 3.63) is 21.7 Å². The van der Waals surface area contributed by atoms with Crippen LogP contribution >= 0.6 is 35.0 Å². The Hall–Kier alpha value is 0.449. The topological polar surface area (TPSA) is 49.1 Å². The molecule has 0 N–H and O–H groups in total. The molecule has 0 radical (unpaired) electrons. The summed E-state index contributed by atoms with van der Waals surface area (Å²) in [7, 11) is 0. The van der Waals surface area contributed by atoms with Gasteiger partial charge >= 0.3 is 17.1 Å². The third-order valence-electron chi connectivity index (χ3n) is 1.56. The molecule has 4 nitrogen and oxygen atoms in total. The first-order valence-corrected chi connectivity index (χ1v) is 6.58. The fourth-order valence-corrected chi connectivity index (χ4v) is 1.75. The molecule has 0 bridgehead atoms. The van der Waals surface area contributed by atoms with E-state index in [1.54, 1.807) is 0 Å². The van der Waals surface area contributed by atoms with Crippen LogP contribution in [0.1, 0.15) is 0 Å². The molecule has 17 heavy (non-hydrogen) atoms. The van der Waals surface area contributed by atoms with E-state index in [0.717, 1.165) is 26.3 Å². The Kier molecular flexibility index (Phi) is 10.7. The fourth-order valence-electron chi connectivity index (χ4n) is 0.897. The zero-order chi connectivity index (χ0) is 11.8. The number of aromatic nitrogens is 2. The molecule has 0 atom stereocenters. The first kappa shape index (κ1) is 17.4. The van der Waals surface area contributed by atoms with Crippen LogP contribution in [0.3, 0.4) is 0 Å². The third kappa shape index (κ3) is 8.21. The molecule has 2 heterocycles. The number of nitrogens with zero attached hydrogens (tertiary/aromatic N) is 3. The molecular weight excluding hydrogens is 333 g/mol. The molecule has 8 heteroatoms. The van der Waals surface area contributed by atoms with Crippen molar-refractivity contribution in [3.63, 3.8) is 0 Å². The molecule has 0 saturated carbocycles. The van der Waals surface area contributed by atoms with Crippen molar-refractivity contribution in [2.24, 2.45) is 0 Å². The number of morpholine rings is 1. The number of rotatable bonds is 1. The van der Waals surface area contributed by atoms with Gasteiger partial charge in [-0.25, -0.2) is 9.97 Å². The maximum Gasteiger partial charge on any atom is 1.00 e. The molecule has 1 saturated heterocycles. The largest absolute Gasteiger partial charge is 1.00 e. The zero-order valence-corrected chi connectivity index (χ0v) is 12.3. The van der Waals surface area contributed by atoms with Crippen LogP contribution in [-0.4, -0.2) is 42.5 Å². The molecule has 2 rings (SSSR count). The van der Waals surface area contributed by atoms with Crippen molar-refractivity contribution < 1.29 is 21.8 Å². The van der Waals surface area contributed by atoms with Gasteiger partial charge in [0.15, 0.2) is 5.16 Å². The Labute approximate surface area is 126 Å². The second-order valence-corrected chi connectivity index (χ2v) is 4.19. The monoisotopic (exact) mass is 342 g/mol. The zero-order valence-electron chi connectivity index (χ0n) is 9.04. The van der Waals surface area contributed by atoms with Crippen LogP contribution in [0.2, 0.25) is 10.3 Å². The molecule has 0 aromatic carbocycles. The standard InChI is InChI=1S/C5H3Cl2N2S.C4H8NO.Cu/c1-10-5-8-3(6)2-4(7)9-5;1-3-6-4-2-5-1;/h1H3;1-4H2;/q2*-1;+1. The molecular formula is C9H11Cl2CuN3OS-. The van der Waals surface area contributed by atoms with E-state index in [9.17, 15) is 0 Å². The normalized spacial score (nSPS) is 14.3. The van der Waals surface area contributed by atoms with Gasteiger partial charge in [-0.2, -0.15) is 0 Å². The van der Waals surface area contributed by atoms with Crippen LogP contribution in [-0.2, 0) is 21.8 Å². The summed E-state index contributed by atoms with van der Waals surface area (Å²) in [5.41, 5.74) is 0. The number of hydrogen-bond acceptors (Lipinski definition) is 4. The van der Waals surface area contributed by atoms with Gasteiger partial charge in [0.2, 0.25) is 0 Å². The van der Waals surface area contributed by atoms with Crippen LogP contribution < -0.4 is 0 Å². The molecule has 0 spiro atoms. The van der Waals surface area contributed by atoms with Crippen LogP contribution in [0.4, 0.5) is 0 Å². The van der Waals surface area contributed by atoms with Crippen LogP contribution in [0.5, 0.6) is 0 Å². The summed E-state index contributed by atoms with van der Waals surface area (Å²) in [6.45, 7) is 3.47. The quantitative estimate of drug-likeness (QED) is 0.259. The SMILES string of the molecule is C1COCC[N-]1.CSc1nc(Cl)[c-]c(Cl)n1.[Cu+]. The van der Waals surface area contributed by atoms with Gasteiger partial charge in [0.05, 0.1) is 0 Å². The Morgan fingerprint density at radius 1 is 1.24 bits per heavy atom. The Balaban J connectivity index is 0.000000316. The fraction of sp³-hybridized carbons (Fsp3) is 0.556. The van der Waals surface area contributed by atoms with Gasteiger partial charge in [-0.15, -0.1) is 36.3 Å². The Morgan fingerprint density at radius 3 is 2.06 bits per heavy atom.